The minimum Gasteiger partial charge on any atom is -0.364 e. The van der Waals surface area contributed by atoms with Crippen molar-refractivity contribution in [1.29, 1.82) is 0 Å². The number of nitrogens with zero attached hydrogens (tertiary/aromatic N) is 5. The zero-order chi connectivity index (χ0) is 13.4. The fourth-order valence-corrected chi connectivity index (χ4v) is 1.88. The molecule has 2 N–H and O–H groups in total. The van der Waals surface area contributed by atoms with E-state index < -0.39 is 5.91 Å². The molecule has 0 radical (unpaired) electrons. The number of rotatable bonds is 2. The van der Waals surface area contributed by atoms with Crippen LogP contribution in [0.25, 0.3) is 22.3 Å². The van der Waals surface area contributed by atoms with Gasteiger partial charge < -0.3 is 5.73 Å². The minimum absolute atomic E-state index is 0.127. The average Bonchev–Trinajstić information content (AvgIpc) is 2.83. The summed E-state index contributed by atoms with van der Waals surface area (Å²) in [4.78, 5) is 23.7. The summed E-state index contributed by atoms with van der Waals surface area (Å²) >= 11 is 0. The average molecular weight is 254 g/mol. The van der Waals surface area contributed by atoms with E-state index >= 15 is 0 Å². The quantitative estimate of drug-likeness (QED) is 0.718. The zero-order valence-electron chi connectivity index (χ0n) is 10.1. The van der Waals surface area contributed by atoms with E-state index in [0.717, 1.165) is 11.3 Å². The second-order valence-electron chi connectivity index (χ2n) is 4.01. The van der Waals surface area contributed by atoms with E-state index in [4.69, 9.17) is 5.73 Å². The van der Waals surface area contributed by atoms with Crippen molar-refractivity contribution >= 4 is 16.9 Å². The maximum atomic E-state index is 11.2. The number of aryl methyl sites for hydroxylation is 1. The van der Waals surface area contributed by atoms with Crippen LogP contribution < -0.4 is 5.73 Å². The van der Waals surface area contributed by atoms with Crippen LogP contribution in [-0.2, 0) is 7.05 Å². The van der Waals surface area contributed by atoms with Gasteiger partial charge in [-0.3, -0.25) is 19.4 Å². The summed E-state index contributed by atoms with van der Waals surface area (Å²) in [5, 5.41) is 4.11. The molecule has 3 aromatic heterocycles. The summed E-state index contributed by atoms with van der Waals surface area (Å²) in [7, 11) is 1.82. The van der Waals surface area contributed by atoms with Gasteiger partial charge in [-0.2, -0.15) is 5.10 Å². The summed E-state index contributed by atoms with van der Waals surface area (Å²) < 4.78 is 1.70. The fourth-order valence-electron chi connectivity index (χ4n) is 1.88. The molecule has 7 heteroatoms. The van der Waals surface area contributed by atoms with Crippen LogP contribution >= 0.6 is 0 Å². The molecule has 0 fully saturated rings. The van der Waals surface area contributed by atoms with Crippen LogP contribution in [0.3, 0.4) is 0 Å². The van der Waals surface area contributed by atoms with Crippen LogP contribution in [0.1, 0.15) is 10.5 Å². The predicted molar refractivity (Wildman–Crippen MR) is 68.1 cm³/mol. The monoisotopic (exact) mass is 254 g/mol. The Kier molecular flexibility index (Phi) is 2.45. The van der Waals surface area contributed by atoms with Crippen LogP contribution in [0.2, 0.25) is 0 Å². The number of fused-ring (bicyclic) bond motifs is 1. The number of pyridine rings is 1. The van der Waals surface area contributed by atoms with Crippen LogP contribution in [0.15, 0.2) is 30.9 Å². The number of amides is 1. The molecule has 19 heavy (non-hydrogen) atoms. The first-order valence-electron chi connectivity index (χ1n) is 5.56. The Morgan fingerprint density at radius 2 is 2.16 bits per heavy atom. The van der Waals surface area contributed by atoms with Gasteiger partial charge in [0, 0.05) is 25.0 Å². The highest BCUT2D eigenvalue weighted by Gasteiger charge is 2.12. The Labute approximate surface area is 108 Å². The van der Waals surface area contributed by atoms with E-state index in [1.807, 2.05) is 13.1 Å². The minimum atomic E-state index is -0.609. The van der Waals surface area contributed by atoms with Crippen molar-refractivity contribution in [2.24, 2.45) is 12.8 Å². The number of aromatic nitrogens is 5. The van der Waals surface area contributed by atoms with Gasteiger partial charge in [-0.05, 0) is 6.07 Å². The molecule has 3 rings (SSSR count). The maximum Gasteiger partial charge on any atom is 0.268 e. The lowest BCUT2D eigenvalue weighted by molar-refractivity contribution is 0.0995. The number of carbonyl (C=O) groups is 1. The van der Waals surface area contributed by atoms with Gasteiger partial charge in [0.25, 0.3) is 5.91 Å². The Hall–Kier alpha value is -2.83. The molecule has 3 heterocycles. The van der Waals surface area contributed by atoms with E-state index in [2.05, 4.69) is 20.1 Å². The van der Waals surface area contributed by atoms with Crippen molar-refractivity contribution in [3.05, 3.63) is 36.5 Å². The van der Waals surface area contributed by atoms with Gasteiger partial charge in [0.2, 0.25) is 0 Å². The first-order chi connectivity index (χ1) is 9.16. The Morgan fingerprint density at radius 1 is 1.32 bits per heavy atom. The number of hydrogen-bond acceptors (Lipinski definition) is 5. The molecule has 0 atom stereocenters. The first-order valence-corrected chi connectivity index (χ1v) is 5.56. The van der Waals surface area contributed by atoms with Crippen molar-refractivity contribution in [1.82, 2.24) is 24.7 Å². The molecule has 0 aromatic carbocycles. The third-order valence-corrected chi connectivity index (χ3v) is 2.81. The van der Waals surface area contributed by atoms with Crippen molar-refractivity contribution in [2.75, 3.05) is 0 Å². The smallest absolute Gasteiger partial charge is 0.268 e. The van der Waals surface area contributed by atoms with Gasteiger partial charge in [-0.15, -0.1) is 0 Å². The highest BCUT2D eigenvalue weighted by Crippen LogP contribution is 2.24. The molecule has 0 saturated heterocycles. The lowest BCUT2D eigenvalue weighted by atomic mass is 10.1. The summed E-state index contributed by atoms with van der Waals surface area (Å²) in [5.41, 5.74) is 8.13. The van der Waals surface area contributed by atoms with Gasteiger partial charge in [-0.25, -0.2) is 4.98 Å². The molecule has 0 spiro atoms. The van der Waals surface area contributed by atoms with Crippen LogP contribution in [0, 0.1) is 0 Å². The molecule has 94 valence electrons. The number of primary amides is 1. The predicted octanol–water partition coefficient (Wildman–Crippen LogP) is 0.524. The summed E-state index contributed by atoms with van der Waals surface area (Å²) in [6, 6.07) is 1.84. The third kappa shape index (κ3) is 1.81. The normalized spacial score (nSPS) is 10.8. The Balaban J connectivity index is 2.33. The summed E-state index contributed by atoms with van der Waals surface area (Å²) in [6.07, 6.45) is 6.28. The van der Waals surface area contributed by atoms with Crippen LogP contribution in [-0.4, -0.2) is 30.6 Å². The first kappa shape index (κ1) is 11.3. The lowest BCUT2D eigenvalue weighted by Crippen LogP contribution is -2.13. The van der Waals surface area contributed by atoms with E-state index in [9.17, 15) is 4.79 Å². The second kappa shape index (κ2) is 4.13. The fraction of sp³-hybridized carbons (Fsp3) is 0.0833. The number of hydrogen-bond donors (Lipinski definition) is 1. The molecule has 0 unspecified atom stereocenters. The van der Waals surface area contributed by atoms with Crippen LogP contribution in [0.5, 0.6) is 0 Å². The van der Waals surface area contributed by atoms with Crippen LogP contribution in [0.4, 0.5) is 0 Å². The molecule has 0 aliphatic heterocycles. The highest BCUT2D eigenvalue weighted by molar-refractivity contribution is 5.95. The van der Waals surface area contributed by atoms with Gasteiger partial charge >= 0.3 is 0 Å². The largest absolute Gasteiger partial charge is 0.364 e. The topological polar surface area (TPSA) is 99.6 Å². The van der Waals surface area contributed by atoms with Gasteiger partial charge in [0.1, 0.15) is 16.7 Å². The molecule has 0 aliphatic rings. The number of carbonyl (C=O) groups excluding carboxylic acids is 1. The highest BCUT2D eigenvalue weighted by atomic mass is 16.1. The molecular weight excluding hydrogens is 244 g/mol. The summed E-state index contributed by atoms with van der Waals surface area (Å²) in [6.45, 7) is 0. The van der Waals surface area contributed by atoms with Gasteiger partial charge in [0.15, 0.2) is 0 Å². The van der Waals surface area contributed by atoms with E-state index in [0.29, 0.717) is 11.0 Å². The van der Waals surface area contributed by atoms with Crippen molar-refractivity contribution in [2.45, 2.75) is 0 Å². The Morgan fingerprint density at radius 3 is 2.84 bits per heavy atom. The molecule has 0 aliphatic carbocycles. The SMILES string of the molecule is Cn1nccc1-c1cncc2ncc(C(N)=O)nc12. The molecule has 0 bridgehead atoms. The molecule has 7 nitrogen and oxygen atoms in total. The van der Waals surface area contributed by atoms with E-state index in [-0.39, 0.29) is 5.69 Å². The second-order valence-corrected chi connectivity index (χ2v) is 4.01. The maximum absolute atomic E-state index is 11.2. The lowest BCUT2D eigenvalue weighted by Gasteiger charge is -2.05. The standard InChI is InChI=1S/C12H10N6O/c1-18-10(2-3-16-18)7-4-14-5-8-11(7)17-9(6-15-8)12(13)19/h2-6H,1H3,(H2,13,19). The van der Waals surface area contributed by atoms with E-state index in [1.54, 1.807) is 23.3 Å². The molecule has 3 aromatic rings. The van der Waals surface area contributed by atoms with E-state index in [1.165, 1.54) is 6.20 Å². The van der Waals surface area contributed by atoms with Gasteiger partial charge in [-0.1, -0.05) is 0 Å². The zero-order valence-corrected chi connectivity index (χ0v) is 10.1. The molecule has 0 saturated carbocycles. The molecule has 1 amide bonds. The van der Waals surface area contributed by atoms with Gasteiger partial charge in [0.05, 0.1) is 18.1 Å². The van der Waals surface area contributed by atoms with Crippen molar-refractivity contribution in [3.8, 4) is 11.3 Å². The molecular formula is C12H10N6O. The Bertz CT molecular complexity index is 779. The van der Waals surface area contributed by atoms with Crippen molar-refractivity contribution in [3.63, 3.8) is 0 Å². The van der Waals surface area contributed by atoms with Crippen molar-refractivity contribution < 1.29 is 4.79 Å². The summed E-state index contributed by atoms with van der Waals surface area (Å²) in [5.74, 6) is -0.609. The number of nitrogens with two attached hydrogens (primary N) is 1. The third-order valence-electron chi connectivity index (χ3n) is 2.81.